The fraction of sp³-hybridized carbons (Fsp3) is 0.143. The van der Waals surface area contributed by atoms with E-state index in [1.807, 2.05) is 12.1 Å². The van der Waals surface area contributed by atoms with Crippen molar-refractivity contribution >= 4 is 5.69 Å². The van der Waals surface area contributed by atoms with Crippen molar-refractivity contribution in [2.24, 2.45) is 0 Å². The van der Waals surface area contributed by atoms with Crippen LogP contribution in [-0.2, 0) is 0 Å². The average Bonchev–Trinajstić information content (AvgIpc) is 2.38. The van der Waals surface area contributed by atoms with Crippen molar-refractivity contribution in [3.05, 3.63) is 42.5 Å². The Balaban J connectivity index is 2.28. The molecule has 0 atom stereocenters. The molecule has 0 fully saturated rings. The van der Waals surface area contributed by atoms with Crippen LogP contribution in [0.4, 0.5) is 5.69 Å². The van der Waals surface area contributed by atoms with E-state index >= 15 is 0 Å². The van der Waals surface area contributed by atoms with Crippen molar-refractivity contribution in [2.75, 3.05) is 20.0 Å². The molecule has 0 bridgehead atoms. The first-order valence-corrected chi connectivity index (χ1v) is 5.48. The molecule has 0 unspecified atom stereocenters. The summed E-state index contributed by atoms with van der Waals surface area (Å²) in [5, 5.41) is 0. The second-order valence-electron chi connectivity index (χ2n) is 3.72. The number of benzene rings is 2. The predicted molar refractivity (Wildman–Crippen MR) is 70.5 cm³/mol. The molecule has 0 spiro atoms. The smallest absolute Gasteiger partial charge is 0.134 e. The SMILES string of the molecule is COc1cc(OC)cc(Oc2cccc(N)c2)c1. The number of methoxy groups -OCH3 is 2. The first-order valence-electron chi connectivity index (χ1n) is 5.48. The molecule has 0 aliphatic rings. The van der Waals surface area contributed by atoms with Crippen molar-refractivity contribution in [2.45, 2.75) is 0 Å². The molecule has 0 aromatic heterocycles. The number of ether oxygens (including phenoxy) is 3. The van der Waals surface area contributed by atoms with Gasteiger partial charge < -0.3 is 19.9 Å². The van der Waals surface area contributed by atoms with E-state index in [4.69, 9.17) is 19.9 Å². The zero-order valence-corrected chi connectivity index (χ0v) is 10.3. The summed E-state index contributed by atoms with van der Waals surface area (Å²) < 4.78 is 16.1. The minimum Gasteiger partial charge on any atom is -0.496 e. The average molecular weight is 245 g/mol. The molecule has 18 heavy (non-hydrogen) atoms. The van der Waals surface area contributed by atoms with Crippen LogP contribution < -0.4 is 19.9 Å². The van der Waals surface area contributed by atoms with Crippen LogP contribution >= 0.6 is 0 Å². The summed E-state index contributed by atoms with van der Waals surface area (Å²) in [6.45, 7) is 0. The van der Waals surface area contributed by atoms with Gasteiger partial charge in [0.1, 0.15) is 23.0 Å². The fourth-order valence-electron chi connectivity index (χ4n) is 1.55. The molecular formula is C14H15NO3. The van der Waals surface area contributed by atoms with Crippen LogP contribution in [0.15, 0.2) is 42.5 Å². The Morgan fingerprint density at radius 1 is 0.778 bits per heavy atom. The minimum absolute atomic E-state index is 0.636. The van der Waals surface area contributed by atoms with Crippen LogP contribution in [0.5, 0.6) is 23.0 Å². The Kier molecular flexibility index (Phi) is 3.57. The van der Waals surface area contributed by atoms with Gasteiger partial charge in [0.15, 0.2) is 0 Å². The van der Waals surface area contributed by atoms with Crippen LogP contribution in [-0.4, -0.2) is 14.2 Å². The van der Waals surface area contributed by atoms with Gasteiger partial charge in [0, 0.05) is 30.0 Å². The van der Waals surface area contributed by atoms with Crippen molar-refractivity contribution < 1.29 is 14.2 Å². The maximum atomic E-state index is 5.70. The largest absolute Gasteiger partial charge is 0.496 e. The normalized spacial score (nSPS) is 9.89. The number of nitrogen functional groups attached to an aromatic ring is 1. The lowest BCUT2D eigenvalue weighted by molar-refractivity contribution is 0.386. The third-order valence-electron chi connectivity index (χ3n) is 2.42. The zero-order chi connectivity index (χ0) is 13.0. The van der Waals surface area contributed by atoms with Gasteiger partial charge in [0.2, 0.25) is 0 Å². The van der Waals surface area contributed by atoms with Gasteiger partial charge in [-0.05, 0) is 12.1 Å². The van der Waals surface area contributed by atoms with Gasteiger partial charge in [-0.2, -0.15) is 0 Å². The van der Waals surface area contributed by atoms with E-state index in [0.29, 0.717) is 28.7 Å². The minimum atomic E-state index is 0.636. The van der Waals surface area contributed by atoms with Gasteiger partial charge in [-0.3, -0.25) is 0 Å². The zero-order valence-electron chi connectivity index (χ0n) is 10.3. The van der Waals surface area contributed by atoms with Gasteiger partial charge in [0.05, 0.1) is 14.2 Å². The molecule has 4 nitrogen and oxygen atoms in total. The first kappa shape index (κ1) is 12.1. The number of anilines is 1. The second-order valence-corrected chi connectivity index (χ2v) is 3.72. The lowest BCUT2D eigenvalue weighted by Crippen LogP contribution is -1.91. The molecule has 0 radical (unpaired) electrons. The Morgan fingerprint density at radius 2 is 1.39 bits per heavy atom. The number of hydrogen-bond donors (Lipinski definition) is 1. The van der Waals surface area contributed by atoms with Crippen molar-refractivity contribution in [3.63, 3.8) is 0 Å². The number of hydrogen-bond acceptors (Lipinski definition) is 4. The molecule has 0 aliphatic carbocycles. The van der Waals surface area contributed by atoms with Crippen molar-refractivity contribution in [3.8, 4) is 23.0 Å². The molecular weight excluding hydrogens is 230 g/mol. The molecule has 2 aromatic rings. The fourth-order valence-corrected chi connectivity index (χ4v) is 1.55. The highest BCUT2D eigenvalue weighted by molar-refractivity contribution is 5.47. The quantitative estimate of drug-likeness (QED) is 0.841. The molecule has 2 N–H and O–H groups in total. The van der Waals surface area contributed by atoms with E-state index in [1.165, 1.54) is 0 Å². The lowest BCUT2D eigenvalue weighted by Gasteiger charge is -2.10. The summed E-state index contributed by atoms with van der Waals surface area (Å²) in [6, 6.07) is 12.6. The van der Waals surface area contributed by atoms with Gasteiger partial charge in [-0.25, -0.2) is 0 Å². The third kappa shape index (κ3) is 2.85. The van der Waals surface area contributed by atoms with Crippen LogP contribution in [0.3, 0.4) is 0 Å². The highest BCUT2D eigenvalue weighted by atomic mass is 16.5. The van der Waals surface area contributed by atoms with E-state index in [9.17, 15) is 0 Å². The van der Waals surface area contributed by atoms with Crippen LogP contribution in [0.2, 0.25) is 0 Å². The maximum absolute atomic E-state index is 5.70. The molecule has 2 aromatic carbocycles. The van der Waals surface area contributed by atoms with E-state index < -0.39 is 0 Å². The first-order chi connectivity index (χ1) is 8.71. The summed E-state index contributed by atoms with van der Waals surface area (Å²) in [6.07, 6.45) is 0. The summed E-state index contributed by atoms with van der Waals surface area (Å²) in [4.78, 5) is 0. The lowest BCUT2D eigenvalue weighted by atomic mass is 10.3. The third-order valence-corrected chi connectivity index (χ3v) is 2.42. The molecule has 0 heterocycles. The Hall–Kier alpha value is -2.36. The predicted octanol–water partition coefficient (Wildman–Crippen LogP) is 3.08. The number of nitrogens with two attached hydrogens (primary N) is 1. The van der Waals surface area contributed by atoms with E-state index in [1.54, 1.807) is 44.6 Å². The summed E-state index contributed by atoms with van der Waals surface area (Å²) in [7, 11) is 3.19. The molecule has 0 amide bonds. The Labute approximate surface area is 106 Å². The Bertz CT molecular complexity index is 518. The van der Waals surface area contributed by atoms with Crippen molar-refractivity contribution in [1.82, 2.24) is 0 Å². The molecule has 0 aliphatic heterocycles. The number of rotatable bonds is 4. The van der Waals surface area contributed by atoms with Crippen molar-refractivity contribution in [1.29, 1.82) is 0 Å². The highest BCUT2D eigenvalue weighted by Crippen LogP contribution is 2.31. The van der Waals surface area contributed by atoms with Gasteiger partial charge >= 0.3 is 0 Å². The monoisotopic (exact) mass is 245 g/mol. The molecule has 94 valence electrons. The van der Waals surface area contributed by atoms with Gasteiger partial charge in [-0.1, -0.05) is 6.07 Å². The molecule has 2 rings (SSSR count). The maximum Gasteiger partial charge on any atom is 0.134 e. The topological polar surface area (TPSA) is 53.7 Å². The van der Waals surface area contributed by atoms with Crippen LogP contribution in [0.25, 0.3) is 0 Å². The standard InChI is InChI=1S/C14H15NO3/c1-16-12-7-13(17-2)9-14(8-12)18-11-5-3-4-10(15)6-11/h3-9H,15H2,1-2H3. The molecule has 0 saturated carbocycles. The van der Waals surface area contributed by atoms with Gasteiger partial charge in [-0.15, -0.1) is 0 Å². The van der Waals surface area contributed by atoms with Crippen LogP contribution in [0.1, 0.15) is 0 Å². The highest BCUT2D eigenvalue weighted by Gasteiger charge is 2.04. The Morgan fingerprint density at radius 3 is 1.94 bits per heavy atom. The van der Waals surface area contributed by atoms with E-state index in [2.05, 4.69) is 0 Å². The van der Waals surface area contributed by atoms with E-state index in [0.717, 1.165) is 0 Å². The molecule has 4 heteroatoms. The summed E-state index contributed by atoms with van der Waals surface area (Å²) in [5.41, 5.74) is 6.35. The van der Waals surface area contributed by atoms with Gasteiger partial charge in [0.25, 0.3) is 0 Å². The summed E-state index contributed by atoms with van der Waals surface area (Å²) in [5.74, 6) is 2.66. The molecule has 0 saturated heterocycles. The summed E-state index contributed by atoms with van der Waals surface area (Å²) >= 11 is 0. The van der Waals surface area contributed by atoms with Crippen LogP contribution in [0, 0.1) is 0 Å². The second kappa shape index (κ2) is 5.31. The van der Waals surface area contributed by atoms with E-state index in [-0.39, 0.29) is 0 Å².